The van der Waals surface area contributed by atoms with Gasteiger partial charge < -0.3 is 14.2 Å². The lowest BCUT2D eigenvalue weighted by Crippen LogP contribution is -2.37. The number of hydrogen-bond donors (Lipinski definition) is 0. The van der Waals surface area contributed by atoms with Gasteiger partial charge in [0, 0.05) is 25.6 Å². The van der Waals surface area contributed by atoms with Crippen LogP contribution < -0.4 is 0 Å². The lowest BCUT2D eigenvalue weighted by Gasteiger charge is -2.25. The van der Waals surface area contributed by atoms with Gasteiger partial charge >= 0.3 is 6.18 Å². The Morgan fingerprint density at radius 1 is 1.30 bits per heavy atom. The van der Waals surface area contributed by atoms with Crippen molar-refractivity contribution in [3.63, 3.8) is 0 Å². The molecule has 1 aliphatic carbocycles. The van der Waals surface area contributed by atoms with Crippen molar-refractivity contribution in [3.8, 4) is 0 Å². The van der Waals surface area contributed by atoms with Crippen LogP contribution in [0.3, 0.4) is 0 Å². The van der Waals surface area contributed by atoms with Crippen LogP contribution in [0.25, 0.3) is 0 Å². The summed E-state index contributed by atoms with van der Waals surface area (Å²) in [5, 5.41) is -0.180. The zero-order valence-electron chi connectivity index (χ0n) is 18.8. The fourth-order valence-corrected chi connectivity index (χ4v) is 5.13. The summed E-state index contributed by atoms with van der Waals surface area (Å²) in [6, 6.07) is 4.23. The molecule has 11 heteroatoms. The van der Waals surface area contributed by atoms with Crippen LogP contribution in [0.1, 0.15) is 49.6 Å². The van der Waals surface area contributed by atoms with Crippen molar-refractivity contribution in [2.75, 3.05) is 20.3 Å². The highest BCUT2D eigenvalue weighted by Crippen LogP contribution is 2.39. The second kappa shape index (κ2) is 9.84. The van der Waals surface area contributed by atoms with E-state index in [0.717, 1.165) is 25.0 Å². The molecule has 1 saturated carbocycles. The van der Waals surface area contributed by atoms with E-state index in [9.17, 15) is 26.4 Å². The topological polar surface area (TPSA) is 81.5 Å². The minimum atomic E-state index is -4.56. The first-order chi connectivity index (χ1) is 15.4. The maximum absolute atomic E-state index is 13.2. The maximum Gasteiger partial charge on any atom is 0.416 e. The number of amides is 1. The van der Waals surface area contributed by atoms with E-state index in [1.807, 2.05) is 0 Å². The molecule has 1 aromatic carbocycles. The van der Waals surface area contributed by atoms with Crippen LogP contribution in [0.4, 0.5) is 13.2 Å². The summed E-state index contributed by atoms with van der Waals surface area (Å²) in [6.07, 6.45) is -1.59. The van der Waals surface area contributed by atoms with E-state index in [1.54, 1.807) is 23.3 Å². The lowest BCUT2D eigenvalue weighted by molar-refractivity contribution is -0.137. The van der Waals surface area contributed by atoms with Gasteiger partial charge in [0.2, 0.25) is 20.9 Å². The summed E-state index contributed by atoms with van der Waals surface area (Å²) in [6.45, 7) is 4.41. The fraction of sp³-hybridized carbons (Fsp3) is 0.545. The van der Waals surface area contributed by atoms with Crippen molar-refractivity contribution in [1.82, 2.24) is 14.5 Å². The van der Waals surface area contributed by atoms with Gasteiger partial charge in [-0.1, -0.05) is 32.0 Å². The molecule has 2 aromatic rings. The zero-order valence-corrected chi connectivity index (χ0v) is 19.6. The molecule has 1 amide bonds. The van der Waals surface area contributed by atoms with Gasteiger partial charge in [0.15, 0.2) is 0 Å². The molecule has 0 saturated heterocycles. The SMILES string of the molecule is COCCN(Cc1cnc(S(=O)(=O)Cc2cccc(C(F)(F)F)c2)n1C1CC1)C(=O)C(C)C. The van der Waals surface area contributed by atoms with E-state index >= 15 is 0 Å². The third kappa shape index (κ3) is 6.14. The number of halogens is 3. The highest BCUT2D eigenvalue weighted by Gasteiger charge is 2.35. The average Bonchev–Trinajstić information content (AvgIpc) is 3.48. The summed E-state index contributed by atoms with van der Waals surface area (Å²) in [7, 11) is -2.49. The smallest absolute Gasteiger partial charge is 0.383 e. The number of nitrogens with zero attached hydrogens (tertiary/aromatic N) is 3. The van der Waals surface area contributed by atoms with Crippen molar-refractivity contribution in [2.24, 2.45) is 5.92 Å². The van der Waals surface area contributed by atoms with Gasteiger partial charge in [-0.2, -0.15) is 13.2 Å². The van der Waals surface area contributed by atoms with Gasteiger partial charge in [0.1, 0.15) is 0 Å². The van der Waals surface area contributed by atoms with Crippen molar-refractivity contribution in [3.05, 3.63) is 47.3 Å². The number of rotatable bonds is 10. The Balaban J connectivity index is 1.91. The normalized spacial score (nSPS) is 14.6. The number of sulfone groups is 1. The number of alkyl halides is 3. The van der Waals surface area contributed by atoms with Crippen LogP contribution in [-0.4, -0.2) is 49.0 Å². The van der Waals surface area contributed by atoms with E-state index in [-0.39, 0.29) is 35.1 Å². The summed E-state index contributed by atoms with van der Waals surface area (Å²) in [5.41, 5.74) is -0.291. The third-order valence-corrected chi connectivity index (χ3v) is 6.94. The number of ether oxygens (including phenoxy) is 1. The molecule has 0 radical (unpaired) electrons. The number of aromatic nitrogens is 2. The minimum absolute atomic E-state index is 0.0356. The molecule has 0 N–H and O–H groups in total. The standard InChI is InChI=1S/C22H28F3N3O4S/c1-15(2)20(29)27(9-10-32-3)13-19-12-26-21(28(19)18-7-8-18)33(30,31)14-16-5-4-6-17(11-16)22(23,24)25/h4-6,11-12,15,18H,7-10,13-14H2,1-3H3. The van der Waals surface area contributed by atoms with Crippen LogP contribution in [0, 0.1) is 5.92 Å². The number of benzene rings is 1. The summed E-state index contributed by atoms with van der Waals surface area (Å²) < 4.78 is 72.1. The number of imidazole rings is 1. The maximum atomic E-state index is 13.2. The molecular weight excluding hydrogens is 459 g/mol. The van der Waals surface area contributed by atoms with Crippen LogP contribution >= 0.6 is 0 Å². The summed E-state index contributed by atoms with van der Waals surface area (Å²) in [4.78, 5) is 18.4. The van der Waals surface area contributed by atoms with E-state index in [4.69, 9.17) is 4.74 Å². The van der Waals surface area contributed by atoms with Crippen LogP contribution in [0.15, 0.2) is 35.6 Å². The van der Waals surface area contributed by atoms with Crippen molar-refractivity contribution in [2.45, 2.75) is 56.4 Å². The Labute approximate surface area is 191 Å². The Morgan fingerprint density at radius 3 is 2.58 bits per heavy atom. The molecule has 7 nitrogen and oxygen atoms in total. The van der Waals surface area contributed by atoms with Crippen LogP contribution in [0.5, 0.6) is 0 Å². The van der Waals surface area contributed by atoms with Gasteiger partial charge in [-0.25, -0.2) is 13.4 Å². The molecule has 0 aliphatic heterocycles. The Hall–Kier alpha value is -2.40. The van der Waals surface area contributed by atoms with Crippen LogP contribution in [0.2, 0.25) is 0 Å². The number of carbonyl (C=O) groups is 1. The van der Waals surface area contributed by atoms with E-state index in [2.05, 4.69) is 4.98 Å². The van der Waals surface area contributed by atoms with Gasteiger partial charge in [-0.3, -0.25) is 4.79 Å². The second-order valence-electron chi connectivity index (χ2n) is 8.50. The Morgan fingerprint density at radius 2 is 2.00 bits per heavy atom. The predicted octanol–water partition coefficient (Wildman–Crippen LogP) is 3.84. The zero-order chi connectivity index (χ0) is 24.4. The molecule has 1 heterocycles. The first kappa shape index (κ1) is 25.2. The predicted molar refractivity (Wildman–Crippen MR) is 115 cm³/mol. The molecule has 0 spiro atoms. The molecule has 0 unspecified atom stereocenters. The molecule has 3 rings (SSSR count). The van der Waals surface area contributed by atoms with Gasteiger partial charge in [-0.15, -0.1) is 0 Å². The summed E-state index contributed by atoms with van der Waals surface area (Å²) >= 11 is 0. The van der Waals surface area contributed by atoms with Gasteiger partial charge in [-0.05, 0) is 24.5 Å². The molecule has 0 bridgehead atoms. The molecule has 1 aromatic heterocycles. The minimum Gasteiger partial charge on any atom is -0.383 e. The largest absolute Gasteiger partial charge is 0.416 e. The first-order valence-electron chi connectivity index (χ1n) is 10.7. The monoisotopic (exact) mass is 487 g/mol. The molecule has 33 heavy (non-hydrogen) atoms. The fourth-order valence-electron chi connectivity index (χ4n) is 3.60. The molecular formula is C22H28F3N3O4S. The number of carbonyl (C=O) groups excluding carboxylic acids is 1. The first-order valence-corrected chi connectivity index (χ1v) is 12.3. The third-order valence-electron chi connectivity index (χ3n) is 5.36. The average molecular weight is 488 g/mol. The highest BCUT2D eigenvalue weighted by molar-refractivity contribution is 7.90. The molecule has 1 fully saturated rings. The molecule has 1 aliphatic rings. The van der Waals surface area contributed by atoms with Crippen molar-refractivity contribution >= 4 is 15.7 Å². The Kier molecular flexibility index (Phi) is 7.52. The van der Waals surface area contributed by atoms with Gasteiger partial charge in [0.25, 0.3) is 0 Å². The molecule has 0 atom stereocenters. The lowest BCUT2D eigenvalue weighted by atomic mass is 10.1. The highest BCUT2D eigenvalue weighted by atomic mass is 32.2. The van der Waals surface area contributed by atoms with Crippen LogP contribution in [-0.2, 0) is 37.8 Å². The number of hydrogen-bond acceptors (Lipinski definition) is 5. The second-order valence-corrected chi connectivity index (χ2v) is 10.4. The number of methoxy groups -OCH3 is 1. The van der Waals surface area contributed by atoms with Crippen molar-refractivity contribution < 1.29 is 31.1 Å². The Bertz CT molecular complexity index is 1090. The van der Waals surface area contributed by atoms with E-state index in [0.29, 0.717) is 18.8 Å². The van der Waals surface area contributed by atoms with Gasteiger partial charge in [0.05, 0.1) is 36.4 Å². The van der Waals surface area contributed by atoms with E-state index < -0.39 is 27.3 Å². The quantitative estimate of drug-likeness (QED) is 0.509. The van der Waals surface area contributed by atoms with E-state index in [1.165, 1.54) is 25.4 Å². The van der Waals surface area contributed by atoms with Crippen molar-refractivity contribution in [1.29, 1.82) is 0 Å². The molecule has 182 valence electrons. The summed E-state index contributed by atoms with van der Waals surface area (Å²) in [5.74, 6) is -0.939.